The first-order chi connectivity index (χ1) is 15.6. The van der Waals surface area contributed by atoms with Gasteiger partial charge in [0.2, 0.25) is 0 Å². The van der Waals surface area contributed by atoms with Crippen molar-refractivity contribution in [3.05, 3.63) is 82.0 Å². The Morgan fingerprint density at radius 3 is 2.48 bits per heavy atom. The minimum Gasteiger partial charge on any atom is -0.360 e. The normalized spacial score (nSPS) is 15.4. The highest BCUT2D eigenvalue weighted by atomic mass is 32.2. The van der Waals surface area contributed by atoms with Crippen LogP contribution in [0.4, 0.5) is 29.5 Å². The predicted octanol–water partition coefficient (Wildman–Crippen LogP) is 5.50. The van der Waals surface area contributed by atoms with E-state index in [9.17, 15) is 27.6 Å². The summed E-state index contributed by atoms with van der Waals surface area (Å²) in [4.78, 5) is 38.1. The van der Waals surface area contributed by atoms with Crippen molar-refractivity contribution in [2.45, 2.75) is 13.1 Å². The van der Waals surface area contributed by atoms with Gasteiger partial charge in [-0.25, -0.2) is 4.90 Å². The van der Waals surface area contributed by atoms with Crippen molar-refractivity contribution in [1.82, 2.24) is 5.16 Å². The molecule has 1 saturated heterocycles. The molecule has 2 heterocycles. The number of nitrogens with one attached hydrogen (secondary N) is 1. The van der Waals surface area contributed by atoms with E-state index >= 15 is 0 Å². The molecule has 1 aliphatic heterocycles. The van der Waals surface area contributed by atoms with Crippen molar-refractivity contribution in [2.24, 2.45) is 0 Å². The Balaban J connectivity index is 1.51. The van der Waals surface area contributed by atoms with E-state index < -0.39 is 28.8 Å². The first-order valence-corrected chi connectivity index (χ1v) is 10.2. The van der Waals surface area contributed by atoms with E-state index in [1.54, 1.807) is 25.1 Å². The summed E-state index contributed by atoms with van der Waals surface area (Å²) in [5.74, 6) is -0.336. The van der Waals surface area contributed by atoms with Gasteiger partial charge in [-0.05, 0) is 60.7 Å². The number of hydrogen-bond acceptors (Lipinski definition) is 6. The molecule has 0 radical (unpaired) electrons. The Hall–Kier alpha value is -3.86. The molecule has 0 unspecified atom stereocenters. The second-order valence-electron chi connectivity index (χ2n) is 6.96. The van der Waals surface area contributed by atoms with Gasteiger partial charge in [-0.2, -0.15) is 13.2 Å². The number of imide groups is 1. The quantitative estimate of drug-likeness (QED) is 0.504. The molecular formula is C22H14F3N3O4S. The Labute approximate surface area is 189 Å². The molecule has 0 spiro atoms. The number of anilines is 2. The van der Waals surface area contributed by atoms with Crippen LogP contribution in [0.5, 0.6) is 0 Å². The topological polar surface area (TPSA) is 92.5 Å². The molecule has 11 heteroatoms. The molecule has 33 heavy (non-hydrogen) atoms. The monoisotopic (exact) mass is 473 g/mol. The lowest BCUT2D eigenvalue weighted by molar-refractivity contribution is -0.137. The number of hydrogen-bond donors (Lipinski definition) is 1. The highest BCUT2D eigenvalue weighted by Gasteiger charge is 2.38. The zero-order chi connectivity index (χ0) is 23.8. The van der Waals surface area contributed by atoms with Crippen LogP contribution in [0, 0.1) is 6.92 Å². The second-order valence-corrected chi connectivity index (χ2v) is 7.96. The van der Waals surface area contributed by atoms with Gasteiger partial charge in [0.05, 0.1) is 16.2 Å². The molecule has 7 nitrogen and oxygen atoms in total. The summed E-state index contributed by atoms with van der Waals surface area (Å²) in [6.07, 6.45) is -3.17. The van der Waals surface area contributed by atoms with E-state index in [0.717, 1.165) is 18.2 Å². The highest BCUT2D eigenvalue weighted by Crippen LogP contribution is 2.38. The van der Waals surface area contributed by atoms with E-state index in [1.165, 1.54) is 24.3 Å². The third-order valence-corrected chi connectivity index (χ3v) is 5.44. The number of amides is 3. The predicted molar refractivity (Wildman–Crippen MR) is 116 cm³/mol. The highest BCUT2D eigenvalue weighted by molar-refractivity contribution is 8.19. The van der Waals surface area contributed by atoms with Crippen LogP contribution in [0.2, 0.25) is 0 Å². The third kappa shape index (κ3) is 4.82. The SMILES string of the molecule is Cc1cc(NC(=O)c2ccc(/C=C3\SC(=O)N(c4cccc(C(F)(F)F)c4)C3=O)cc2)no1. The first kappa shape index (κ1) is 22.3. The molecule has 0 saturated carbocycles. The van der Waals surface area contributed by atoms with Crippen LogP contribution in [0.15, 0.2) is 64.0 Å². The number of alkyl halides is 3. The lowest BCUT2D eigenvalue weighted by Crippen LogP contribution is -2.28. The third-order valence-electron chi connectivity index (χ3n) is 4.57. The van der Waals surface area contributed by atoms with Gasteiger partial charge >= 0.3 is 6.18 Å². The van der Waals surface area contributed by atoms with Gasteiger partial charge < -0.3 is 9.84 Å². The fourth-order valence-corrected chi connectivity index (χ4v) is 3.85. The van der Waals surface area contributed by atoms with Crippen LogP contribution in [-0.2, 0) is 11.0 Å². The van der Waals surface area contributed by atoms with E-state index in [1.807, 2.05) is 0 Å². The molecule has 4 rings (SSSR count). The molecule has 0 bridgehead atoms. The fourth-order valence-electron chi connectivity index (χ4n) is 3.01. The maximum atomic E-state index is 13.0. The number of benzene rings is 2. The van der Waals surface area contributed by atoms with Gasteiger partial charge in [0.1, 0.15) is 5.76 Å². The molecule has 3 amide bonds. The number of aromatic nitrogens is 1. The van der Waals surface area contributed by atoms with E-state index in [2.05, 4.69) is 10.5 Å². The largest absolute Gasteiger partial charge is 0.416 e. The lowest BCUT2D eigenvalue weighted by Gasteiger charge is -2.14. The number of rotatable bonds is 4. The minimum absolute atomic E-state index is 0.0488. The van der Waals surface area contributed by atoms with Gasteiger partial charge in [0.25, 0.3) is 17.1 Å². The number of nitrogens with zero attached hydrogens (tertiary/aromatic N) is 2. The molecule has 1 aliphatic rings. The molecule has 168 valence electrons. The molecule has 1 N–H and O–H groups in total. The van der Waals surface area contributed by atoms with Crippen molar-refractivity contribution in [2.75, 3.05) is 10.2 Å². The first-order valence-electron chi connectivity index (χ1n) is 9.42. The Morgan fingerprint density at radius 1 is 1.12 bits per heavy atom. The average Bonchev–Trinajstić information content (AvgIpc) is 3.29. The molecule has 1 fully saturated rings. The fraction of sp³-hybridized carbons (Fsp3) is 0.0909. The van der Waals surface area contributed by atoms with Gasteiger partial charge in [-0.3, -0.25) is 14.4 Å². The zero-order valence-electron chi connectivity index (χ0n) is 16.8. The van der Waals surface area contributed by atoms with Crippen LogP contribution in [0.1, 0.15) is 27.2 Å². The minimum atomic E-state index is -4.60. The van der Waals surface area contributed by atoms with Crippen LogP contribution in [0.3, 0.4) is 0 Å². The number of carbonyl (C=O) groups excluding carboxylic acids is 3. The molecule has 0 aliphatic carbocycles. The molecule has 1 aromatic heterocycles. The summed E-state index contributed by atoms with van der Waals surface area (Å²) < 4.78 is 43.8. The van der Waals surface area contributed by atoms with Crippen LogP contribution < -0.4 is 10.2 Å². The summed E-state index contributed by atoms with van der Waals surface area (Å²) in [6, 6.07) is 11.8. The van der Waals surface area contributed by atoms with Crippen molar-refractivity contribution in [3.63, 3.8) is 0 Å². The van der Waals surface area contributed by atoms with Crippen molar-refractivity contribution in [1.29, 1.82) is 0 Å². The van der Waals surface area contributed by atoms with Gasteiger partial charge in [0, 0.05) is 11.6 Å². The van der Waals surface area contributed by atoms with Crippen molar-refractivity contribution >= 4 is 46.4 Å². The Bertz CT molecular complexity index is 1280. The standard InChI is InChI=1S/C22H14F3N3O4S/c1-12-9-18(27-32-12)26-19(29)14-7-5-13(6-8-14)10-17-20(30)28(21(31)33-17)16-4-2-3-15(11-16)22(23,24)25/h2-11H,1H3,(H,26,27,29)/b17-10-. The van der Waals surface area contributed by atoms with Crippen molar-refractivity contribution in [3.8, 4) is 0 Å². The number of halogens is 3. The van der Waals surface area contributed by atoms with Crippen LogP contribution >= 0.6 is 11.8 Å². The lowest BCUT2D eigenvalue weighted by atomic mass is 10.1. The maximum absolute atomic E-state index is 13.0. The Kier molecular flexibility index (Phi) is 5.81. The zero-order valence-corrected chi connectivity index (χ0v) is 17.7. The van der Waals surface area contributed by atoms with E-state index in [4.69, 9.17) is 4.52 Å². The molecule has 3 aromatic rings. The van der Waals surface area contributed by atoms with Crippen LogP contribution in [-0.4, -0.2) is 22.2 Å². The smallest absolute Gasteiger partial charge is 0.360 e. The second kappa shape index (κ2) is 8.58. The summed E-state index contributed by atoms with van der Waals surface area (Å²) in [6.45, 7) is 1.69. The summed E-state index contributed by atoms with van der Waals surface area (Å²) in [5.41, 5.74) is -0.272. The molecule has 0 atom stereocenters. The molecule has 2 aromatic carbocycles. The van der Waals surface area contributed by atoms with Crippen LogP contribution in [0.25, 0.3) is 6.08 Å². The van der Waals surface area contributed by atoms with Gasteiger partial charge in [0.15, 0.2) is 5.82 Å². The molecular weight excluding hydrogens is 459 g/mol. The number of carbonyl (C=O) groups is 3. The summed E-state index contributed by atoms with van der Waals surface area (Å²) in [5, 5.41) is 5.55. The van der Waals surface area contributed by atoms with Gasteiger partial charge in [-0.1, -0.05) is 23.4 Å². The average molecular weight is 473 g/mol. The Morgan fingerprint density at radius 2 is 1.85 bits per heavy atom. The van der Waals surface area contributed by atoms with E-state index in [0.29, 0.717) is 33.5 Å². The van der Waals surface area contributed by atoms with E-state index in [-0.39, 0.29) is 16.4 Å². The summed E-state index contributed by atoms with van der Waals surface area (Å²) in [7, 11) is 0. The number of thioether (sulfide) groups is 1. The number of aryl methyl sites for hydroxylation is 1. The maximum Gasteiger partial charge on any atom is 0.416 e. The van der Waals surface area contributed by atoms with Crippen molar-refractivity contribution < 1.29 is 32.1 Å². The summed E-state index contributed by atoms with van der Waals surface area (Å²) >= 11 is 0.619. The van der Waals surface area contributed by atoms with Gasteiger partial charge in [-0.15, -0.1) is 0 Å².